The second-order valence-corrected chi connectivity index (χ2v) is 6.67. The standard InChI is InChI=1S/C24H28N4O2.HI/c1-3-25-24(27-16-19-9-11-22(29-2)12-10-19)28-17-21-13-14-26-23(15-21)30-18-20-7-5-4-6-8-20;/h4-15H,3,16-18H2,1-2H3,(H2,25,27,28);1H. The van der Waals surface area contributed by atoms with Crippen LogP contribution >= 0.6 is 24.0 Å². The van der Waals surface area contributed by atoms with Crippen molar-refractivity contribution in [1.29, 1.82) is 0 Å². The number of aliphatic imine (C=N–C) groups is 1. The highest BCUT2D eigenvalue weighted by molar-refractivity contribution is 14.0. The number of ether oxygens (including phenoxy) is 2. The molecule has 0 atom stereocenters. The fourth-order valence-electron chi connectivity index (χ4n) is 2.80. The van der Waals surface area contributed by atoms with Crippen LogP contribution in [-0.4, -0.2) is 24.6 Å². The van der Waals surface area contributed by atoms with Crippen molar-refractivity contribution in [1.82, 2.24) is 15.6 Å². The van der Waals surface area contributed by atoms with Gasteiger partial charge in [-0.15, -0.1) is 24.0 Å². The summed E-state index contributed by atoms with van der Waals surface area (Å²) < 4.78 is 11.0. The lowest BCUT2D eigenvalue weighted by Crippen LogP contribution is -2.36. The van der Waals surface area contributed by atoms with Crippen LogP contribution in [0.15, 0.2) is 77.9 Å². The van der Waals surface area contributed by atoms with Gasteiger partial charge in [-0.05, 0) is 41.8 Å². The Morgan fingerprint density at radius 3 is 2.42 bits per heavy atom. The van der Waals surface area contributed by atoms with Gasteiger partial charge in [0.25, 0.3) is 0 Å². The first-order chi connectivity index (χ1) is 14.8. The molecular formula is C24H29IN4O2. The molecule has 0 aliphatic rings. The molecule has 0 aliphatic heterocycles. The molecule has 0 aliphatic carbocycles. The predicted octanol–water partition coefficient (Wildman–Crippen LogP) is 4.54. The molecule has 164 valence electrons. The SMILES string of the molecule is CCNC(=NCc1ccnc(OCc2ccccc2)c1)NCc1ccc(OC)cc1.I. The third kappa shape index (κ3) is 8.45. The van der Waals surface area contributed by atoms with Crippen LogP contribution < -0.4 is 20.1 Å². The van der Waals surface area contributed by atoms with Crippen molar-refractivity contribution in [3.05, 3.63) is 89.6 Å². The summed E-state index contributed by atoms with van der Waals surface area (Å²) >= 11 is 0. The van der Waals surface area contributed by atoms with Crippen LogP contribution in [0.2, 0.25) is 0 Å². The highest BCUT2D eigenvalue weighted by Gasteiger charge is 2.02. The maximum atomic E-state index is 5.81. The van der Waals surface area contributed by atoms with E-state index >= 15 is 0 Å². The molecule has 1 aromatic heterocycles. The normalized spacial score (nSPS) is 10.7. The number of aromatic nitrogens is 1. The second-order valence-electron chi connectivity index (χ2n) is 6.67. The first-order valence-electron chi connectivity index (χ1n) is 10.0. The van der Waals surface area contributed by atoms with Crippen molar-refractivity contribution in [2.45, 2.75) is 26.6 Å². The minimum atomic E-state index is 0. The van der Waals surface area contributed by atoms with Crippen LogP contribution in [-0.2, 0) is 19.7 Å². The van der Waals surface area contributed by atoms with Crippen LogP contribution in [0.4, 0.5) is 0 Å². The third-order valence-electron chi connectivity index (χ3n) is 4.41. The topological polar surface area (TPSA) is 67.8 Å². The number of pyridine rings is 1. The Bertz CT molecular complexity index is 934. The minimum absolute atomic E-state index is 0. The van der Waals surface area contributed by atoms with Crippen LogP contribution in [0.25, 0.3) is 0 Å². The number of rotatable bonds is 9. The Hall–Kier alpha value is -2.81. The van der Waals surface area contributed by atoms with Gasteiger partial charge in [-0.2, -0.15) is 0 Å². The highest BCUT2D eigenvalue weighted by atomic mass is 127. The molecule has 0 spiro atoms. The van der Waals surface area contributed by atoms with E-state index in [1.165, 1.54) is 0 Å². The molecule has 2 aromatic carbocycles. The predicted molar refractivity (Wildman–Crippen MR) is 135 cm³/mol. The molecule has 0 saturated heterocycles. The third-order valence-corrected chi connectivity index (χ3v) is 4.41. The summed E-state index contributed by atoms with van der Waals surface area (Å²) in [4.78, 5) is 8.97. The lowest BCUT2D eigenvalue weighted by Gasteiger charge is -2.12. The molecular weight excluding hydrogens is 503 g/mol. The van der Waals surface area contributed by atoms with E-state index in [2.05, 4.69) is 20.6 Å². The van der Waals surface area contributed by atoms with E-state index in [-0.39, 0.29) is 24.0 Å². The largest absolute Gasteiger partial charge is 0.497 e. The number of methoxy groups -OCH3 is 1. The zero-order chi connectivity index (χ0) is 21.0. The zero-order valence-corrected chi connectivity index (χ0v) is 20.2. The molecule has 3 aromatic rings. The Morgan fingerprint density at radius 2 is 1.71 bits per heavy atom. The van der Waals surface area contributed by atoms with Gasteiger partial charge in [-0.25, -0.2) is 9.98 Å². The van der Waals surface area contributed by atoms with E-state index in [4.69, 9.17) is 9.47 Å². The van der Waals surface area contributed by atoms with E-state index in [0.717, 1.165) is 34.9 Å². The van der Waals surface area contributed by atoms with Crippen molar-refractivity contribution in [2.24, 2.45) is 4.99 Å². The maximum Gasteiger partial charge on any atom is 0.213 e. The first-order valence-corrected chi connectivity index (χ1v) is 10.0. The van der Waals surface area contributed by atoms with E-state index in [0.29, 0.717) is 25.6 Å². The van der Waals surface area contributed by atoms with Gasteiger partial charge < -0.3 is 20.1 Å². The molecule has 6 nitrogen and oxygen atoms in total. The molecule has 1 heterocycles. The average Bonchev–Trinajstić information content (AvgIpc) is 2.81. The van der Waals surface area contributed by atoms with Crippen molar-refractivity contribution < 1.29 is 9.47 Å². The van der Waals surface area contributed by atoms with Gasteiger partial charge in [0, 0.05) is 25.4 Å². The number of nitrogens with one attached hydrogen (secondary N) is 2. The fraction of sp³-hybridized carbons (Fsp3) is 0.250. The molecule has 0 saturated carbocycles. The number of guanidine groups is 1. The lowest BCUT2D eigenvalue weighted by molar-refractivity contribution is 0.293. The van der Waals surface area contributed by atoms with Crippen LogP contribution in [0.3, 0.4) is 0 Å². The zero-order valence-electron chi connectivity index (χ0n) is 17.9. The molecule has 0 fully saturated rings. The summed E-state index contributed by atoms with van der Waals surface area (Å²) in [6, 6.07) is 21.9. The minimum Gasteiger partial charge on any atom is -0.497 e. The van der Waals surface area contributed by atoms with Crippen molar-refractivity contribution >= 4 is 29.9 Å². The number of benzene rings is 2. The number of hydrogen-bond acceptors (Lipinski definition) is 4. The molecule has 3 rings (SSSR count). The molecule has 0 radical (unpaired) electrons. The maximum absolute atomic E-state index is 5.81. The van der Waals surface area contributed by atoms with Crippen molar-refractivity contribution in [3.8, 4) is 11.6 Å². The monoisotopic (exact) mass is 532 g/mol. The highest BCUT2D eigenvalue weighted by Crippen LogP contribution is 2.13. The van der Waals surface area contributed by atoms with Crippen LogP contribution in [0.5, 0.6) is 11.6 Å². The van der Waals surface area contributed by atoms with Crippen molar-refractivity contribution in [3.63, 3.8) is 0 Å². The Kier molecular flexibility index (Phi) is 10.6. The van der Waals surface area contributed by atoms with E-state index in [9.17, 15) is 0 Å². The Labute approximate surface area is 201 Å². The molecule has 0 unspecified atom stereocenters. The average molecular weight is 532 g/mol. The quantitative estimate of drug-likeness (QED) is 0.241. The van der Waals surface area contributed by atoms with Gasteiger partial charge >= 0.3 is 0 Å². The van der Waals surface area contributed by atoms with Gasteiger partial charge in [-0.3, -0.25) is 0 Å². The first kappa shape index (κ1) is 24.5. The van der Waals surface area contributed by atoms with Crippen LogP contribution in [0, 0.1) is 0 Å². The van der Waals surface area contributed by atoms with E-state index < -0.39 is 0 Å². The Morgan fingerprint density at radius 1 is 0.935 bits per heavy atom. The summed E-state index contributed by atoms with van der Waals surface area (Å²) in [5.74, 6) is 2.21. The van der Waals surface area contributed by atoms with Gasteiger partial charge in [0.05, 0.1) is 13.7 Å². The summed E-state index contributed by atoms with van der Waals surface area (Å²) in [6.07, 6.45) is 1.75. The molecule has 0 bridgehead atoms. The molecule has 7 heteroatoms. The number of hydrogen-bond donors (Lipinski definition) is 2. The lowest BCUT2D eigenvalue weighted by atomic mass is 10.2. The smallest absolute Gasteiger partial charge is 0.213 e. The summed E-state index contributed by atoms with van der Waals surface area (Å²) in [5.41, 5.74) is 3.30. The van der Waals surface area contributed by atoms with Gasteiger partial charge in [0.15, 0.2) is 5.96 Å². The van der Waals surface area contributed by atoms with Gasteiger partial charge in [-0.1, -0.05) is 42.5 Å². The van der Waals surface area contributed by atoms with Crippen molar-refractivity contribution in [2.75, 3.05) is 13.7 Å². The van der Waals surface area contributed by atoms with Crippen LogP contribution in [0.1, 0.15) is 23.6 Å². The Balaban J connectivity index is 0.00000341. The second kappa shape index (κ2) is 13.5. The summed E-state index contributed by atoms with van der Waals surface area (Å²) in [7, 11) is 1.67. The summed E-state index contributed by atoms with van der Waals surface area (Å²) in [5, 5.41) is 6.63. The molecule has 0 amide bonds. The molecule has 31 heavy (non-hydrogen) atoms. The molecule has 2 N–H and O–H groups in total. The van der Waals surface area contributed by atoms with E-state index in [1.54, 1.807) is 13.3 Å². The van der Waals surface area contributed by atoms with Gasteiger partial charge in [0.1, 0.15) is 12.4 Å². The number of nitrogens with zero attached hydrogens (tertiary/aromatic N) is 2. The van der Waals surface area contributed by atoms with E-state index in [1.807, 2.05) is 73.7 Å². The summed E-state index contributed by atoms with van der Waals surface area (Å²) in [6.45, 7) is 4.54. The van der Waals surface area contributed by atoms with Gasteiger partial charge in [0.2, 0.25) is 5.88 Å². The fourth-order valence-corrected chi connectivity index (χ4v) is 2.80. The number of halogens is 1.